The second-order valence-electron chi connectivity index (χ2n) is 6.08. The van der Waals surface area contributed by atoms with Crippen molar-refractivity contribution in [2.75, 3.05) is 6.61 Å². The highest BCUT2D eigenvalue weighted by Gasteiger charge is 2.10. The van der Waals surface area contributed by atoms with Crippen LogP contribution in [0.3, 0.4) is 0 Å². The molecule has 0 aromatic carbocycles. The Balaban J connectivity index is 3.56. The van der Waals surface area contributed by atoms with Crippen molar-refractivity contribution in [1.29, 1.82) is 0 Å². The van der Waals surface area contributed by atoms with Gasteiger partial charge in [0.2, 0.25) is 0 Å². The Hall–Kier alpha value is -0.160. The summed E-state index contributed by atoms with van der Waals surface area (Å²) < 4.78 is 0. The fourth-order valence-electron chi connectivity index (χ4n) is 2.33. The normalized spacial score (nSPS) is 12.7. The first-order valence-corrected chi connectivity index (χ1v) is 9.46. The standard InChI is InChI=1S/C18H38O4/c1-4-7-10-11-12-13-14-16-18(15-8-5-2)20-22-21-19-17-9-6-3/h18H,4-17H2,1-3H3. The molecule has 0 aromatic rings. The zero-order valence-corrected chi connectivity index (χ0v) is 15.1. The number of rotatable bonds is 18. The summed E-state index contributed by atoms with van der Waals surface area (Å²) in [6.07, 6.45) is 15.7. The van der Waals surface area contributed by atoms with Crippen LogP contribution in [0.1, 0.15) is 104 Å². The van der Waals surface area contributed by atoms with Crippen LogP contribution in [-0.2, 0) is 19.9 Å². The second-order valence-corrected chi connectivity index (χ2v) is 6.08. The summed E-state index contributed by atoms with van der Waals surface area (Å²) in [4.78, 5) is 10.2. The lowest BCUT2D eigenvalue weighted by atomic mass is 10.0. The van der Waals surface area contributed by atoms with Gasteiger partial charge in [0.1, 0.15) is 0 Å². The number of unbranched alkanes of at least 4 members (excludes halogenated alkanes) is 8. The maximum atomic E-state index is 5.32. The highest BCUT2D eigenvalue weighted by Crippen LogP contribution is 2.15. The van der Waals surface area contributed by atoms with Gasteiger partial charge in [-0.3, -0.25) is 0 Å². The summed E-state index contributed by atoms with van der Waals surface area (Å²) in [7, 11) is 0. The molecule has 22 heavy (non-hydrogen) atoms. The van der Waals surface area contributed by atoms with E-state index in [-0.39, 0.29) is 6.10 Å². The zero-order chi connectivity index (χ0) is 16.3. The van der Waals surface area contributed by atoms with E-state index in [1.54, 1.807) is 0 Å². The summed E-state index contributed by atoms with van der Waals surface area (Å²) in [5.74, 6) is 0. The molecule has 0 amide bonds. The van der Waals surface area contributed by atoms with Crippen molar-refractivity contribution >= 4 is 0 Å². The van der Waals surface area contributed by atoms with E-state index in [1.807, 2.05) is 0 Å². The summed E-state index contributed by atoms with van der Waals surface area (Å²) in [6, 6.07) is 0. The fraction of sp³-hybridized carbons (Fsp3) is 1.00. The molecule has 0 N–H and O–H groups in total. The third-order valence-electron chi connectivity index (χ3n) is 3.84. The summed E-state index contributed by atoms with van der Waals surface area (Å²) in [5, 5.41) is 9.32. The maximum Gasteiger partial charge on any atom is 0.0962 e. The molecule has 0 aliphatic carbocycles. The van der Waals surface area contributed by atoms with Gasteiger partial charge in [-0.15, -0.1) is 0 Å². The van der Waals surface area contributed by atoms with Crippen LogP contribution in [0.25, 0.3) is 0 Å². The van der Waals surface area contributed by atoms with Gasteiger partial charge in [-0.2, -0.15) is 0 Å². The Morgan fingerprint density at radius 3 is 1.86 bits per heavy atom. The first-order chi connectivity index (χ1) is 10.8. The lowest BCUT2D eigenvalue weighted by molar-refractivity contribution is -0.642. The second kappa shape index (κ2) is 18.9. The van der Waals surface area contributed by atoms with Gasteiger partial charge < -0.3 is 0 Å². The lowest BCUT2D eigenvalue weighted by Crippen LogP contribution is -2.14. The average molecular weight is 318 g/mol. The highest BCUT2D eigenvalue weighted by molar-refractivity contribution is 4.57. The van der Waals surface area contributed by atoms with Gasteiger partial charge in [-0.05, 0) is 29.3 Å². The smallest absolute Gasteiger partial charge is 0.0962 e. The van der Waals surface area contributed by atoms with Gasteiger partial charge >= 0.3 is 0 Å². The van der Waals surface area contributed by atoms with Crippen LogP contribution in [0.2, 0.25) is 0 Å². The Bertz CT molecular complexity index is 200. The molecule has 1 unspecified atom stereocenters. The molecule has 4 heteroatoms. The largest absolute Gasteiger partial charge is 0.204 e. The van der Waals surface area contributed by atoms with Crippen LogP contribution in [0.5, 0.6) is 0 Å². The molecular formula is C18H38O4. The maximum absolute atomic E-state index is 5.32. The van der Waals surface area contributed by atoms with Crippen LogP contribution in [0.4, 0.5) is 0 Å². The molecule has 0 aliphatic heterocycles. The van der Waals surface area contributed by atoms with Crippen molar-refractivity contribution in [1.82, 2.24) is 0 Å². The zero-order valence-electron chi connectivity index (χ0n) is 15.1. The number of hydrogen-bond acceptors (Lipinski definition) is 4. The van der Waals surface area contributed by atoms with Crippen molar-refractivity contribution < 1.29 is 19.9 Å². The topological polar surface area (TPSA) is 36.9 Å². The van der Waals surface area contributed by atoms with E-state index >= 15 is 0 Å². The minimum Gasteiger partial charge on any atom is -0.204 e. The summed E-state index contributed by atoms with van der Waals surface area (Å²) >= 11 is 0. The molecule has 0 heterocycles. The minimum absolute atomic E-state index is 0.116. The highest BCUT2D eigenvalue weighted by atomic mass is 17.7. The van der Waals surface area contributed by atoms with Crippen molar-refractivity contribution in [3.8, 4) is 0 Å². The predicted octanol–water partition coefficient (Wildman–Crippen LogP) is 6.30. The van der Waals surface area contributed by atoms with E-state index in [4.69, 9.17) is 14.8 Å². The lowest BCUT2D eigenvalue weighted by Gasteiger charge is -2.14. The van der Waals surface area contributed by atoms with Gasteiger partial charge in [0.05, 0.1) is 12.7 Å². The van der Waals surface area contributed by atoms with Crippen LogP contribution in [-0.4, -0.2) is 12.7 Å². The van der Waals surface area contributed by atoms with E-state index in [0.717, 1.165) is 32.1 Å². The molecule has 1 atom stereocenters. The van der Waals surface area contributed by atoms with Gasteiger partial charge in [-0.1, -0.05) is 85.0 Å². The quantitative estimate of drug-likeness (QED) is 0.169. The van der Waals surface area contributed by atoms with Gasteiger partial charge in [0.15, 0.2) is 0 Å². The molecule has 0 saturated heterocycles. The minimum atomic E-state index is 0.116. The number of hydrogen-bond donors (Lipinski definition) is 0. The van der Waals surface area contributed by atoms with Crippen LogP contribution in [0.15, 0.2) is 0 Å². The van der Waals surface area contributed by atoms with E-state index in [0.29, 0.717) is 6.61 Å². The van der Waals surface area contributed by atoms with Gasteiger partial charge in [0, 0.05) is 0 Å². The fourth-order valence-corrected chi connectivity index (χ4v) is 2.33. The Morgan fingerprint density at radius 2 is 1.18 bits per heavy atom. The molecule has 0 aromatic heterocycles. The van der Waals surface area contributed by atoms with Crippen molar-refractivity contribution in [2.24, 2.45) is 0 Å². The van der Waals surface area contributed by atoms with Crippen molar-refractivity contribution in [3.05, 3.63) is 0 Å². The van der Waals surface area contributed by atoms with E-state index < -0.39 is 0 Å². The van der Waals surface area contributed by atoms with Crippen LogP contribution < -0.4 is 0 Å². The molecule has 0 fully saturated rings. The van der Waals surface area contributed by atoms with Crippen LogP contribution in [0, 0.1) is 0 Å². The van der Waals surface area contributed by atoms with E-state index in [1.165, 1.54) is 51.4 Å². The van der Waals surface area contributed by atoms with Gasteiger partial charge in [0.25, 0.3) is 0 Å². The Labute approximate surface area is 137 Å². The van der Waals surface area contributed by atoms with Crippen LogP contribution >= 0.6 is 0 Å². The molecular weight excluding hydrogens is 280 g/mol. The predicted molar refractivity (Wildman–Crippen MR) is 90.0 cm³/mol. The third-order valence-corrected chi connectivity index (χ3v) is 3.84. The molecule has 0 spiro atoms. The summed E-state index contributed by atoms with van der Waals surface area (Å²) in [6.45, 7) is 7.08. The average Bonchev–Trinajstić information content (AvgIpc) is 2.54. The van der Waals surface area contributed by atoms with E-state index in [2.05, 4.69) is 25.8 Å². The summed E-state index contributed by atoms with van der Waals surface area (Å²) in [5.41, 5.74) is 0. The monoisotopic (exact) mass is 318 g/mol. The Morgan fingerprint density at radius 1 is 0.591 bits per heavy atom. The molecule has 0 bridgehead atoms. The molecule has 0 aliphatic rings. The molecule has 134 valence electrons. The molecule has 0 radical (unpaired) electrons. The van der Waals surface area contributed by atoms with E-state index in [9.17, 15) is 0 Å². The Kier molecular flexibility index (Phi) is 18.8. The van der Waals surface area contributed by atoms with Crippen molar-refractivity contribution in [2.45, 2.75) is 110 Å². The van der Waals surface area contributed by atoms with Gasteiger partial charge in [-0.25, -0.2) is 9.78 Å². The van der Waals surface area contributed by atoms with Crippen molar-refractivity contribution in [3.63, 3.8) is 0 Å². The molecule has 4 nitrogen and oxygen atoms in total. The first-order valence-electron chi connectivity index (χ1n) is 9.46. The molecule has 0 saturated carbocycles. The molecule has 0 rings (SSSR count). The first kappa shape index (κ1) is 21.8. The SMILES string of the molecule is CCCCCCCCCC(CCCC)OOOOCCCC. The third kappa shape index (κ3) is 16.2.